The van der Waals surface area contributed by atoms with Crippen LogP contribution in [0.2, 0.25) is 0 Å². The standard InChI is InChI=1S/C11H14N2O2S/c1-2-3-5-13-9(8-4-6-16-7-8)10(14)12-11(13)15/h4,6-7,9H,2-3,5H2,1H3,(H,12,14,15). The molecule has 0 aromatic carbocycles. The summed E-state index contributed by atoms with van der Waals surface area (Å²) in [4.78, 5) is 24.9. The first-order chi connectivity index (χ1) is 7.74. The van der Waals surface area contributed by atoms with Gasteiger partial charge in [0.15, 0.2) is 0 Å². The summed E-state index contributed by atoms with van der Waals surface area (Å²) in [6.07, 6.45) is 1.93. The summed E-state index contributed by atoms with van der Waals surface area (Å²) in [5.41, 5.74) is 0.907. The molecule has 1 N–H and O–H groups in total. The van der Waals surface area contributed by atoms with Crippen molar-refractivity contribution in [3.05, 3.63) is 22.4 Å². The maximum atomic E-state index is 11.7. The number of hydrogen-bond donors (Lipinski definition) is 1. The van der Waals surface area contributed by atoms with E-state index in [4.69, 9.17) is 0 Å². The van der Waals surface area contributed by atoms with Crippen molar-refractivity contribution < 1.29 is 9.59 Å². The van der Waals surface area contributed by atoms with Gasteiger partial charge in [-0.3, -0.25) is 10.1 Å². The zero-order valence-electron chi connectivity index (χ0n) is 9.10. The third-order valence-electron chi connectivity index (χ3n) is 2.66. The fourth-order valence-electron chi connectivity index (χ4n) is 1.83. The molecule has 1 saturated heterocycles. The van der Waals surface area contributed by atoms with E-state index in [0.717, 1.165) is 18.4 Å². The third kappa shape index (κ3) is 1.95. The number of amides is 3. The summed E-state index contributed by atoms with van der Waals surface area (Å²) in [5, 5.41) is 6.21. The van der Waals surface area contributed by atoms with Crippen molar-refractivity contribution in [2.45, 2.75) is 25.8 Å². The van der Waals surface area contributed by atoms with Crippen LogP contribution in [0, 0.1) is 0 Å². The number of thiophene rings is 1. The number of carbonyl (C=O) groups excluding carboxylic acids is 2. The van der Waals surface area contributed by atoms with Crippen molar-refractivity contribution in [2.24, 2.45) is 0 Å². The number of hydrogen-bond acceptors (Lipinski definition) is 3. The number of carbonyl (C=O) groups is 2. The minimum atomic E-state index is -0.426. The molecule has 1 aromatic rings. The second-order valence-electron chi connectivity index (χ2n) is 3.80. The SMILES string of the molecule is CCCCN1C(=O)NC(=O)C1c1ccsc1. The first-order valence-electron chi connectivity index (χ1n) is 5.37. The van der Waals surface area contributed by atoms with Gasteiger partial charge in [0, 0.05) is 6.54 Å². The topological polar surface area (TPSA) is 49.4 Å². The van der Waals surface area contributed by atoms with Crippen LogP contribution >= 0.6 is 11.3 Å². The number of nitrogens with one attached hydrogen (secondary N) is 1. The molecule has 5 heteroatoms. The molecular formula is C11H14N2O2S. The summed E-state index contributed by atoms with van der Waals surface area (Å²) >= 11 is 1.54. The molecule has 0 aliphatic carbocycles. The van der Waals surface area contributed by atoms with Gasteiger partial charge < -0.3 is 4.90 Å². The van der Waals surface area contributed by atoms with E-state index in [1.54, 1.807) is 4.90 Å². The molecule has 2 rings (SSSR count). The van der Waals surface area contributed by atoms with Gasteiger partial charge in [-0.2, -0.15) is 11.3 Å². The molecular weight excluding hydrogens is 224 g/mol. The highest BCUT2D eigenvalue weighted by molar-refractivity contribution is 7.08. The molecule has 0 saturated carbocycles. The highest BCUT2D eigenvalue weighted by Crippen LogP contribution is 2.27. The normalized spacial score (nSPS) is 20.3. The predicted molar refractivity (Wildman–Crippen MR) is 62.2 cm³/mol. The highest BCUT2D eigenvalue weighted by atomic mass is 32.1. The molecule has 16 heavy (non-hydrogen) atoms. The lowest BCUT2D eigenvalue weighted by molar-refractivity contribution is -0.121. The van der Waals surface area contributed by atoms with E-state index in [9.17, 15) is 9.59 Å². The number of imide groups is 1. The average molecular weight is 238 g/mol. The van der Waals surface area contributed by atoms with Crippen molar-refractivity contribution in [1.29, 1.82) is 0 Å². The largest absolute Gasteiger partial charge is 0.325 e. The van der Waals surface area contributed by atoms with Gasteiger partial charge in [0.2, 0.25) is 0 Å². The van der Waals surface area contributed by atoms with Crippen molar-refractivity contribution in [3.63, 3.8) is 0 Å². The second-order valence-corrected chi connectivity index (χ2v) is 4.58. The maximum Gasteiger partial charge on any atom is 0.325 e. The van der Waals surface area contributed by atoms with Gasteiger partial charge >= 0.3 is 6.03 Å². The van der Waals surface area contributed by atoms with Crippen LogP contribution in [-0.2, 0) is 4.79 Å². The van der Waals surface area contributed by atoms with Gasteiger partial charge in [-0.05, 0) is 28.8 Å². The fourth-order valence-corrected chi connectivity index (χ4v) is 2.50. The molecule has 1 aliphatic heterocycles. The van der Waals surface area contributed by atoms with Crippen LogP contribution in [0.3, 0.4) is 0 Å². The first kappa shape index (κ1) is 11.1. The summed E-state index contributed by atoms with van der Waals surface area (Å²) < 4.78 is 0. The Morgan fingerprint density at radius 1 is 1.50 bits per heavy atom. The molecule has 2 heterocycles. The molecule has 1 fully saturated rings. The highest BCUT2D eigenvalue weighted by Gasteiger charge is 2.38. The molecule has 1 aliphatic rings. The van der Waals surface area contributed by atoms with Crippen LogP contribution in [0.4, 0.5) is 4.79 Å². The molecule has 0 spiro atoms. The molecule has 1 atom stereocenters. The molecule has 1 aromatic heterocycles. The average Bonchev–Trinajstić information content (AvgIpc) is 2.83. The van der Waals surface area contributed by atoms with Crippen LogP contribution in [-0.4, -0.2) is 23.4 Å². The number of unbranched alkanes of at least 4 members (excludes halogenated alkanes) is 1. The van der Waals surface area contributed by atoms with Crippen molar-refractivity contribution in [2.75, 3.05) is 6.54 Å². The van der Waals surface area contributed by atoms with Crippen LogP contribution in [0.25, 0.3) is 0 Å². The molecule has 4 nitrogen and oxygen atoms in total. The lowest BCUT2D eigenvalue weighted by atomic mass is 10.1. The summed E-state index contributed by atoms with van der Waals surface area (Å²) in [6, 6.07) is 1.20. The van der Waals surface area contributed by atoms with E-state index in [0.29, 0.717) is 6.54 Å². The quantitative estimate of drug-likeness (QED) is 0.817. The number of nitrogens with zero attached hydrogens (tertiary/aromatic N) is 1. The Kier molecular flexibility index (Phi) is 3.24. The van der Waals surface area contributed by atoms with Crippen LogP contribution in [0.5, 0.6) is 0 Å². The predicted octanol–water partition coefficient (Wildman–Crippen LogP) is 2.14. The minimum Gasteiger partial charge on any atom is -0.308 e. The van der Waals surface area contributed by atoms with E-state index in [1.165, 1.54) is 11.3 Å². The molecule has 1 unspecified atom stereocenters. The maximum absolute atomic E-state index is 11.7. The lowest BCUT2D eigenvalue weighted by Gasteiger charge is -2.20. The Hall–Kier alpha value is -1.36. The van der Waals surface area contributed by atoms with Gasteiger partial charge in [-0.25, -0.2) is 4.79 Å². The summed E-state index contributed by atoms with van der Waals surface area (Å²) in [6.45, 7) is 2.70. The third-order valence-corrected chi connectivity index (χ3v) is 3.36. The fraction of sp³-hybridized carbons (Fsp3) is 0.455. The molecule has 0 bridgehead atoms. The van der Waals surface area contributed by atoms with Gasteiger partial charge in [-0.1, -0.05) is 13.3 Å². The van der Waals surface area contributed by atoms with Crippen molar-refractivity contribution in [1.82, 2.24) is 10.2 Å². The van der Waals surface area contributed by atoms with Crippen LogP contribution < -0.4 is 5.32 Å². The van der Waals surface area contributed by atoms with E-state index < -0.39 is 6.04 Å². The van der Waals surface area contributed by atoms with Crippen molar-refractivity contribution >= 4 is 23.3 Å². The van der Waals surface area contributed by atoms with Gasteiger partial charge in [0.1, 0.15) is 6.04 Å². The number of rotatable bonds is 4. The van der Waals surface area contributed by atoms with Gasteiger partial charge in [0.05, 0.1) is 0 Å². The Morgan fingerprint density at radius 2 is 2.31 bits per heavy atom. The number of urea groups is 1. The Morgan fingerprint density at radius 3 is 2.94 bits per heavy atom. The Bertz CT molecular complexity index is 389. The minimum absolute atomic E-state index is 0.209. The van der Waals surface area contributed by atoms with Crippen LogP contribution in [0.1, 0.15) is 31.4 Å². The molecule has 0 radical (unpaired) electrons. The Balaban J connectivity index is 2.19. The van der Waals surface area contributed by atoms with E-state index >= 15 is 0 Å². The van der Waals surface area contributed by atoms with E-state index in [1.807, 2.05) is 16.8 Å². The monoisotopic (exact) mass is 238 g/mol. The summed E-state index contributed by atoms with van der Waals surface area (Å²) in [5.74, 6) is -0.209. The molecule has 86 valence electrons. The zero-order valence-corrected chi connectivity index (χ0v) is 9.92. The van der Waals surface area contributed by atoms with Crippen LogP contribution in [0.15, 0.2) is 16.8 Å². The summed E-state index contributed by atoms with van der Waals surface area (Å²) in [7, 11) is 0. The van der Waals surface area contributed by atoms with Crippen molar-refractivity contribution in [3.8, 4) is 0 Å². The lowest BCUT2D eigenvalue weighted by Crippen LogP contribution is -2.30. The van der Waals surface area contributed by atoms with E-state index in [2.05, 4.69) is 12.2 Å². The molecule has 3 amide bonds. The Labute approximate surface area is 98.3 Å². The zero-order chi connectivity index (χ0) is 11.5. The van der Waals surface area contributed by atoms with E-state index in [-0.39, 0.29) is 11.9 Å². The van der Waals surface area contributed by atoms with Gasteiger partial charge in [-0.15, -0.1) is 0 Å². The smallest absolute Gasteiger partial charge is 0.308 e. The first-order valence-corrected chi connectivity index (χ1v) is 6.32. The van der Waals surface area contributed by atoms with Gasteiger partial charge in [0.25, 0.3) is 5.91 Å². The second kappa shape index (κ2) is 4.65.